The van der Waals surface area contributed by atoms with Crippen molar-refractivity contribution in [2.45, 2.75) is 13.8 Å². The smallest absolute Gasteiger partial charge is 0.256 e. The molecule has 28 heavy (non-hydrogen) atoms. The minimum absolute atomic E-state index is 0.142. The molecule has 0 fully saturated rings. The van der Waals surface area contributed by atoms with Gasteiger partial charge in [-0.15, -0.1) is 0 Å². The first-order valence-electron chi connectivity index (χ1n) is 9.07. The Kier molecular flexibility index (Phi) is 4.72. The molecule has 0 aliphatic heterocycles. The molecule has 1 amide bonds. The van der Waals surface area contributed by atoms with Gasteiger partial charge < -0.3 is 10.6 Å². The first kappa shape index (κ1) is 17.7. The summed E-state index contributed by atoms with van der Waals surface area (Å²) in [5, 5.41) is 8.14. The van der Waals surface area contributed by atoms with Crippen LogP contribution in [0.15, 0.2) is 72.8 Å². The molecule has 0 spiro atoms. The Morgan fingerprint density at radius 1 is 0.786 bits per heavy atom. The normalized spacial score (nSPS) is 10.6. The van der Waals surface area contributed by atoms with Crippen LogP contribution < -0.4 is 10.6 Å². The molecular formula is C23H20N4O. The highest BCUT2D eigenvalue weighted by Crippen LogP contribution is 2.22. The van der Waals surface area contributed by atoms with Crippen molar-refractivity contribution in [3.8, 4) is 0 Å². The predicted molar refractivity (Wildman–Crippen MR) is 113 cm³/mol. The van der Waals surface area contributed by atoms with Crippen molar-refractivity contribution in [2.75, 3.05) is 10.6 Å². The molecule has 0 atom stereocenters. The molecule has 4 rings (SSSR count). The van der Waals surface area contributed by atoms with Gasteiger partial charge in [-0.25, -0.2) is 9.97 Å². The molecule has 1 aromatic heterocycles. The van der Waals surface area contributed by atoms with Gasteiger partial charge in [-0.3, -0.25) is 4.79 Å². The van der Waals surface area contributed by atoms with Gasteiger partial charge >= 0.3 is 0 Å². The van der Waals surface area contributed by atoms with Crippen LogP contribution in [0.3, 0.4) is 0 Å². The molecule has 2 N–H and O–H groups in total. The third-order valence-electron chi connectivity index (χ3n) is 4.39. The Morgan fingerprint density at radius 3 is 2.29 bits per heavy atom. The number of benzene rings is 3. The molecule has 5 heteroatoms. The van der Waals surface area contributed by atoms with Gasteiger partial charge in [-0.05, 0) is 55.0 Å². The van der Waals surface area contributed by atoms with Crippen molar-refractivity contribution in [1.82, 2.24) is 9.97 Å². The second-order valence-corrected chi connectivity index (χ2v) is 6.66. The van der Waals surface area contributed by atoms with Crippen molar-refractivity contribution < 1.29 is 4.79 Å². The number of aromatic nitrogens is 2. The van der Waals surface area contributed by atoms with Crippen molar-refractivity contribution >= 4 is 34.0 Å². The molecular weight excluding hydrogens is 348 g/mol. The zero-order valence-corrected chi connectivity index (χ0v) is 15.7. The molecule has 1 heterocycles. The average Bonchev–Trinajstić information content (AvgIpc) is 2.67. The van der Waals surface area contributed by atoms with Crippen molar-refractivity contribution in [3.63, 3.8) is 0 Å². The summed E-state index contributed by atoms with van der Waals surface area (Å²) in [5.41, 5.74) is 3.95. The Bertz CT molecular complexity index is 1140. The van der Waals surface area contributed by atoms with Crippen molar-refractivity contribution in [2.24, 2.45) is 0 Å². The molecule has 0 saturated heterocycles. The highest BCUT2D eigenvalue weighted by Gasteiger charge is 2.10. The Morgan fingerprint density at radius 2 is 1.46 bits per heavy atom. The maximum Gasteiger partial charge on any atom is 0.256 e. The highest BCUT2D eigenvalue weighted by molar-refractivity contribution is 6.13. The van der Waals surface area contributed by atoms with Crippen LogP contribution in [-0.2, 0) is 0 Å². The van der Waals surface area contributed by atoms with E-state index < -0.39 is 0 Å². The van der Waals surface area contributed by atoms with E-state index in [0.717, 1.165) is 27.8 Å². The monoisotopic (exact) mass is 368 g/mol. The molecule has 0 unspecified atom stereocenters. The SMILES string of the molecule is Cc1cc(C)nc(Nc2cccc(NC(=O)c3cccc4ccccc34)c2)n1. The van der Waals surface area contributed by atoms with E-state index in [1.165, 1.54) is 0 Å². The predicted octanol–water partition coefficient (Wildman–Crippen LogP) is 5.24. The molecule has 3 aromatic carbocycles. The topological polar surface area (TPSA) is 66.9 Å². The molecule has 138 valence electrons. The van der Waals surface area contributed by atoms with Gasteiger partial charge in [-0.2, -0.15) is 0 Å². The second kappa shape index (κ2) is 7.48. The molecule has 0 radical (unpaired) electrons. The number of rotatable bonds is 4. The number of nitrogens with zero attached hydrogens (tertiary/aromatic N) is 2. The fourth-order valence-corrected chi connectivity index (χ4v) is 3.21. The summed E-state index contributed by atoms with van der Waals surface area (Å²) in [6.45, 7) is 3.86. The first-order valence-corrected chi connectivity index (χ1v) is 9.07. The van der Waals surface area contributed by atoms with Gasteiger partial charge in [-0.1, -0.05) is 42.5 Å². The van der Waals surface area contributed by atoms with E-state index in [0.29, 0.717) is 17.2 Å². The Hall–Kier alpha value is -3.73. The van der Waals surface area contributed by atoms with Crippen molar-refractivity contribution in [1.29, 1.82) is 0 Å². The van der Waals surface area contributed by atoms with Gasteiger partial charge in [0.05, 0.1) is 0 Å². The fraction of sp³-hybridized carbons (Fsp3) is 0.0870. The van der Waals surface area contributed by atoms with Gasteiger partial charge in [0.15, 0.2) is 0 Å². The summed E-state index contributed by atoms with van der Waals surface area (Å²) in [6.07, 6.45) is 0. The van der Waals surface area contributed by atoms with E-state index in [2.05, 4.69) is 20.6 Å². The van der Waals surface area contributed by atoms with E-state index in [9.17, 15) is 4.79 Å². The molecule has 0 saturated carbocycles. The van der Waals surface area contributed by atoms with Crippen LogP contribution in [0.5, 0.6) is 0 Å². The standard InChI is InChI=1S/C23H20N4O/c1-15-13-16(2)25-23(24-15)27-19-10-6-9-18(14-19)26-22(28)21-12-5-8-17-7-3-4-11-20(17)21/h3-14H,1-2H3,(H,26,28)(H,24,25,27). The minimum atomic E-state index is -0.142. The summed E-state index contributed by atoms with van der Waals surface area (Å²) < 4.78 is 0. The van der Waals surface area contributed by atoms with E-state index in [1.807, 2.05) is 86.6 Å². The summed E-state index contributed by atoms with van der Waals surface area (Å²) >= 11 is 0. The summed E-state index contributed by atoms with van der Waals surface area (Å²) in [7, 11) is 0. The third-order valence-corrected chi connectivity index (χ3v) is 4.39. The second-order valence-electron chi connectivity index (χ2n) is 6.66. The number of amides is 1. The van der Waals surface area contributed by atoms with Crippen LogP contribution in [0.25, 0.3) is 10.8 Å². The lowest BCUT2D eigenvalue weighted by atomic mass is 10.0. The maximum absolute atomic E-state index is 12.8. The fourth-order valence-electron chi connectivity index (χ4n) is 3.21. The van der Waals surface area contributed by atoms with Gasteiger partial charge in [0.1, 0.15) is 0 Å². The molecule has 5 nitrogen and oxygen atoms in total. The molecule has 0 aliphatic carbocycles. The third kappa shape index (κ3) is 3.83. The highest BCUT2D eigenvalue weighted by atomic mass is 16.1. The molecule has 0 bridgehead atoms. The number of fused-ring (bicyclic) bond motifs is 1. The van der Waals surface area contributed by atoms with Crippen LogP contribution in [0.4, 0.5) is 17.3 Å². The molecule has 0 aliphatic rings. The van der Waals surface area contributed by atoms with E-state index in [-0.39, 0.29) is 5.91 Å². The lowest BCUT2D eigenvalue weighted by Gasteiger charge is -2.11. The summed E-state index contributed by atoms with van der Waals surface area (Å²) in [4.78, 5) is 21.6. The summed E-state index contributed by atoms with van der Waals surface area (Å²) in [6, 6.07) is 23.0. The Labute approximate surface area is 163 Å². The number of anilines is 3. The lowest BCUT2D eigenvalue weighted by molar-refractivity contribution is 0.102. The Balaban J connectivity index is 1.57. The minimum Gasteiger partial charge on any atom is -0.324 e. The van der Waals surface area contributed by atoms with Gasteiger partial charge in [0.2, 0.25) is 5.95 Å². The van der Waals surface area contributed by atoms with E-state index >= 15 is 0 Å². The van der Waals surface area contributed by atoms with Gasteiger partial charge in [0.25, 0.3) is 5.91 Å². The number of hydrogen-bond acceptors (Lipinski definition) is 4. The zero-order valence-electron chi connectivity index (χ0n) is 15.7. The molecule has 4 aromatic rings. The maximum atomic E-state index is 12.8. The van der Waals surface area contributed by atoms with Gasteiger partial charge in [0, 0.05) is 28.3 Å². The van der Waals surface area contributed by atoms with Crippen LogP contribution in [-0.4, -0.2) is 15.9 Å². The quantitative estimate of drug-likeness (QED) is 0.517. The summed E-state index contributed by atoms with van der Waals surface area (Å²) in [5.74, 6) is 0.395. The largest absolute Gasteiger partial charge is 0.324 e. The number of carbonyl (C=O) groups is 1. The van der Waals surface area contributed by atoms with E-state index in [4.69, 9.17) is 0 Å². The zero-order chi connectivity index (χ0) is 19.5. The average molecular weight is 368 g/mol. The number of carbonyl (C=O) groups excluding carboxylic acids is 1. The lowest BCUT2D eigenvalue weighted by Crippen LogP contribution is -2.12. The van der Waals surface area contributed by atoms with Crippen LogP contribution in [0.2, 0.25) is 0 Å². The van der Waals surface area contributed by atoms with Crippen molar-refractivity contribution in [3.05, 3.63) is 89.7 Å². The number of hydrogen-bond donors (Lipinski definition) is 2. The van der Waals surface area contributed by atoms with Crippen LogP contribution in [0, 0.1) is 13.8 Å². The number of aryl methyl sites for hydroxylation is 2. The van der Waals surface area contributed by atoms with E-state index in [1.54, 1.807) is 0 Å². The number of nitrogens with one attached hydrogen (secondary N) is 2. The first-order chi connectivity index (χ1) is 13.6. The van der Waals surface area contributed by atoms with Crippen LogP contribution in [0.1, 0.15) is 21.7 Å². The van der Waals surface area contributed by atoms with Crippen LogP contribution >= 0.6 is 0 Å².